The van der Waals surface area contributed by atoms with Gasteiger partial charge in [-0.15, -0.1) is 0 Å². The number of amides is 2. The highest BCUT2D eigenvalue weighted by Crippen LogP contribution is 2.34. The van der Waals surface area contributed by atoms with E-state index in [9.17, 15) is 18.0 Å². The number of nitrogens with two attached hydrogens (primary N) is 1. The van der Waals surface area contributed by atoms with E-state index in [0.29, 0.717) is 0 Å². The Balaban J connectivity index is 1.66. The molecular formula is C18H17F3N4O. The summed E-state index contributed by atoms with van der Waals surface area (Å²) < 4.78 is 38.9. The highest BCUT2D eigenvalue weighted by Gasteiger charge is 2.33. The van der Waals surface area contributed by atoms with E-state index in [1.807, 2.05) is 24.3 Å². The summed E-state index contributed by atoms with van der Waals surface area (Å²) in [6.45, 7) is 0.189. The van der Waals surface area contributed by atoms with Gasteiger partial charge in [-0.05, 0) is 17.7 Å². The van der Waals surface area contributed by atoms with E-state index in [-0.39, 0.29) is 18.3 Å². The molecule has 5 nitrogen and oxygen atoms in total. The Morgan fingerprint density at radius 3 is 2.58 bits per heavy atom. The summed E-state index contributed by atoms with van der Waals surface area (Å²) in [5.74, 6) is 0. The molecule has 1 atom stereocenters. The Labute approximate surface area is 148 Å². The largest absolute Gasteiger partial charge is 0.418 e. The molecule has 1 aliphatic heterocycles. The van der Waals surface area contributed by atoms with Crippen LogP contribution in [0.25, 0.3) is 5.70 Å². The van der Waals surface area contributed by atoms with Crippen molar-refractivity contribution >= 4 is 17.4 Å². The third kappa shape index (κ3) is 3.58. The standard InChI is InChI=1S/C18H17F3N4O/c19-18(20,21)13-7-3-4-8-14(13)25-17(26)23-10-16-12-6-2-1-5-11(12)15(9-22)24-16/h1-9,16,24H,10,22H2,(H2,23,25,26)/b15-9-. The third-order valence-electron chi connectivity index (χ3n) is 4.07. The molecule has 0 radical (unpaired) electrons. The lowest BCUT2D eigenvalue weighted by Crippen LogP contribution is -2.35. The summed E-state index contributed by atoms with van der Waals surface area (Å²) >= 11 is 0. The number of halogens is 3. The molecular weight excluding hydrogens is 345 g/mol. The van der Waals surface area contributed by atoms with Crippen molar-refractivity contribution in [2.75, 3.05) is 11.9 Å². The molecule has 0 saturated carbocycles. The van der Waals surface area contributed by atoms with Crippen LogP contribution in [0.1, 0.15) is 22.7 Å². The number of para-hydroxylation sites is 1. The Morgan fingerprint density at radius 1 is 1.15 bits per heavy atom. The number of benzene rings is 2. The number of hydrogen-bond donors (Lipinski definition) is 4. The number of urea groups is 1. The van der Waals surface area contributed by atoms with Crippen molar-refractivity contribution in [1.82, 2.24) is 10.6 Å². The number of carbonyl (C=O) groups is 1. The van der Waals surface area contributed by atoms with E-state index in [2.05, 4.69) is 16.0 Å². The maximum atomic E-state index is 13.0. The van der Waals surface area contributed by atoms with Gasteiger partial charge in [-0.3, -0.25) is 0 Å². The van der Waals surface area contributed by atoms with Crippen LogP contribution in [-0.2, 0) is 6.18 Å². The summed E-state index contributed by atoms with van der Waals surface area (Å²) in [6.07, 6.45) is -3.10. The van der Waals surface area contributed by atoms with Gasteiger partial charge in [0.25, 0.3) is 0 Å². The number of rotatable bonds is 3. The number of carbonyl (C=O) groups excluding carboxylic acids is 1. The topological polar surface area (TPSA) is 79.2 Å². The summed E-state index contributed by atoms with van der Waals surface area (Å²) in [7, 11) is 0. The molecule has 3 rings (SSSR count). The van der Waals surface area contributed by atoms with E-state index in [1.165, 1.54) is 24.4 Å². The summed E-state index contributed by atoms with van der Waals surface area (Å²) in [6, 6.07) is 11.4. The zero-order valence-corrected chi connectivity index (χ0v) is 13.6. The van der Waals surface area contributed by atoms with Gasteiger partial charge in [-0.25, -0.2) is 4.79 Å². The van der Waals surface area contributed by atoms with Gasteiger partial charge in [0.1, 0.15) is 0 Å². The van der Waals surface area contributed by atoms with Gasteiger partial charge in [0.2, 0.25) is 0 Å². The van der Waals surface area contributed by atoms with Crippen molar-refractivity contribution in [1.29, 1.82) is 0 Å². The van der Waals surface area contributed by atoms with Gasteiger partial charge in [0.05, 0.1) is 23.0 Å². The van der Waals surface area contributed by atoms with Crippen molar-refractivity contribution in [2.24, 2.45) is 5.73 Å². The molecule has 0 aromatic heterocycles. The SMILES string of the molecule is N/C=C1\NC(CNC(=O)Nc2ccccc2C(F)(F)F)c2ccccc21. The lowest BCUT2D eigenvalue weighted by molar-refractivity contribution is -0.136. The second-order valence-electron chi connectivity index (χ2n) is 5.74. The van der Waals surface area contributed by atoms with E-state index < -0.39 is 17.8 Å². The average molecular weight is 362 g/mol. The van der Waals surface area contributed by atoms with Gasteiger partial charge in [0, 0.05) is 18.3 Å². The Bertz CT molecular complexity index is 848. The van der Waals surface area contributed by atoms with E-state index in [1.54, 1.807) is 0 Å². The molecule has 1 aliphatic rings. The van der Waals surface area contributed by atoms with Gasteiger partial charge >= 0.3 is 12.2 Å². The Kier molecular flexibility index (Phi) is 4.75. The normalized spacial score (nSPS) is 17.5. The molecule has 0 bridgehead atoms. The maximum absolute atomic E-state index is 13.0. The lowest BCUT2D eigenvalue weighted by Gasteiger charge is -2.16. The first-order valence-corrected chi connectivity index (χ1v) is 7.89. The van der Waals surface area contributed by atoms with Crippen LogP contribution < -0.4 is 21.7 Å². The fraction of sp³-hybridized carbons (Fsp3) is 0.167. The summed E-state index contributed by atoms with van der Waals surface area (Å²) in [4.78, 5) is 12.1. The zero-order chi connectivity index (χ0) is 18.7. The monoisotopic (exact) mass is 362 g/mol. The van der Waals surface area contributed by atoms with Crippen LogP contribution >= 0.6 is 0 Å². The van der Waals surface area contributed by atoms with Crippen LogP contribution in [0.2, 0.25) is 0 Å². The average Bonchev–Trinajstić information content (AvgIpc) is 2.97. The number of fused-ring (bicyclic) bond motifs is 1. The number of nitrogens with one attached hydrogen (secondary N) is 3. The molecule has 0 spiro atoms. The first-order valence-electron chi connectivity index (χ1n) is 7.89. The number of alkyl halides is 3. The molecule has 5 N–H and O–H groups in total. The quantitative estimate of drug-likeness (QED) is 0.675. The van der Waals surface area contributed by atoms with Crippen molar-refractivity contribution < 1.29 is 18.0 Å². The molecule has 2 aromatic carbocycles. The molecule has 0 saturated heterocycles. The fourth-order valence-electron chi connectivity index (χ4n) is 2.89. The minimum atomic E-state index is -4.54. The molecule has 2 aromatic rings. The minimum Gasteiger partial charge on any atom is -0.403 e. The van der Waals surface area contributed by atoms with Crippen LogP contribution in [0.5, 0.6) is 0 Å². The molecule has 0 aliphatic carbocycles. The molecule has 1 unspecified atom stereocenters. The zero-order valence-electron chi connectivity index (χ0n) is 13.6. The lowest BCUT2D eigenvalue weighted by atomic mass is 10.0. The molecule has 0 fully saturated rings. The second-order valence-corrected chi connectivity index (χ2v) is 5.74. The highest BCUT2D eigenvalue weighted by atomic mass is 19.4. The fourth-order valence-corrected chi connectivity index (χ4v) is 2.89. The molecule has 26 heavy (non-hydrogen) atoms. The van der Waals surface area contributed by atoms with E-state index in [0.717, 1.165) is 22.9 Å². The van der Waals surface area contributed by atoms with Crippen LogP contribution in [0, 0.1) is 0 Å². The van der Waals surface area contributed by atoms with Crippen LogP contribution in [-0.4, -0.2) is 12.6 Å². The molecule has 2 amide bonds. The van der Waals surface area contributed by atoms with Gasteiger partial charge in [-0.2, -0.15) is 13.2 Å². The van der Waals surface area contributed by atoms with Crippen molar-refractivity contribution in [3.05, 3.63) is 71.4 Å². The smallest absolute Gasteiger partial charge is 0.403 e. The molecule has 136 valence electrons. The second kappa shape index (κ2) is 6.99. The number of hydrogen-bond acceptors (Lipinski definition) is 3. The number of anilines is 1. The van der Waals surface area contributed by atoms with Crippen molar-refractivity contribution in [2.45, 2.75) is 12.2 Å². The van der Waals surface area contributed by atoms with Gasteiger partial charge in [-0.1, -0.05) is 36.4 Å². The van der Waals surface area contributed by atoms with Crippen LogP contribution in [0.3, 0.4) is 0 Å². The maximum Gasteiger partial charge on any atom is 0.418 e. The first kappa shape index (κ1) is 17.7. The van der Waals surface area contributed by atoms with Crippen LogP contribution in [0.15, 0.2) is 54.7 Å². The predicted octanol–water partition coefficient (Wildman–Crippen LogP) is 3.43. The van der Waals surface area contributed by atoms with Crippen molar-refractivity contribution in [3.8, 4) is 0 Å². The summed E-state index contributed by atoms with van der Waals surface area (Å²) in [5.41, 5.74) is 7.05. The van der Waals surface area contributed by atoms with E-state index >= 15 is 0 Å². The van der Waals surface area contributed by atoms with Crippen LogP contribution in [0.4, 0.5) is 23.7 Å². The first-order chi connectivity index (χ1) is 12.4. The summed E-state index contributed by atoms with van der Waals surface area (Å²) in [5, 5.41) is 8.02. The van der Waals surface area contributed by atoms with E-state index in [4.69, 9.17) is 5.73 Å². The van der Waals surface area contributed by atoms with Crippen molar-refractivity contribution in [3.63, 3.8) is 0 Å². The minimum absolute atomic E-state index is 0.189. The third-order valence-corrected chi connectivity index (χ3v) is 4.07. The van der Waals surface area contributed by atoms with Gasteiger partial charge < -0.3 is 21.7 Å². The Morgan fingerprint density at radius 2 is 1.85 bits per heavy atom. The Hall–Kier alpha value is -3.16. The highest BCUT2D eigenvalue weighted by molar-refractivity contribution is 5.90. The molecule has 8 heteroatoms. The predicted molar refractivity (Wildman–Crippen MR) is 92.9 cm³/mol. The van der Waals surface area contributed by atoms with Gasteiger partial charge in [0.15, 0.2) is 0 Å². The molecule has 1 heterocycles.